The van der Waals surface area contributed by atoms with Gasteiger partial charge in [-0.15, -0.1) is 0 Å². The SMILES string of the molecule is CC(C)c1ccccc1-c1cncc(N)c1. The number of aromatic nitrogens is 1. The van der Waals surface area contributed by atoms with Gasteiger partial charge in [-0.25, -0.2) is 0 Å². The Labute approximate surface area is 96.1 Å². The van der Waals surface area contributed by atoms with Crippen molar-refractivity contribution >= 4 is 5.69 Å². The fourth-order valence-corrected chi connectivity index (χ4v) is 1.87. The number of pyridine rings is 1. The molecule has 0 saturated heterocycles. The van der Waals surface area contributed by atoms with E-state index in [-0.39, 0.29) is 0 Å². The van der Waals surface area contributed by atoms with Gasteiger partial charge in [0.05, 0.1) is 5.69 Å². The number of nitrogens with zero attached hydrogens (tertiary/aromatic N) is 1. The molecule has 0 amide bonds. The highest BCUT2D eigenvalue weighted by molar-refractivity contribution is 5.69. The molecule has 0 aliphatic carbocycles. The Morgan fingerprint density at radius 2 is 1.88 bits per heavy atom. The van der Waals surface area contributed by atoms with Crippen molar-refractivity contribution in [3.8, 4) is 11.1 Å². The van der Waals surface area contributed by atoms with Crippen LogP contribution in [0, 0.1) is 0 Å². The summed E-state index contributed by atoms with van der Waals surface area (Å²) in [6.45, 7) is 4.39. The standard InChI is InChI=1S/C14H16N2/c1-10(2)13-5-3-4-6-14(13)11-7-12(15)9-16-8-11/h3-10H,15H2,1-2H3. The molecule has 2 aromatic rings. The first-order valence-electron chi connectivity index (χ1n) is 5.48. The summed E-state index contributed by atoms with van der Waals surface area (Å²) >= 11 is 0. The predicted octanol–water partition coefficient (Wildman–Crippen LogP) is 3.45. The van der Waals surface area contributed by atoms with Crippen LogP contribution in [-0.4, -0.2) is 4.98 Å². The minimum absolute atomic E-state index is 0.498. The highest BCUT2D eigenvalue weighted by Gasteiger charge is 2.07. The molecule has 2 N–H and O–H groups in total. The fraction of sp³-hybridized carbons (Fsp3) is 0.214. The van der Waals surface area contributed by atoms with Crippen LogP contribution >= 0.6 is 0 Å². The first-order valence-corrected chi connectivity index (χ1v) is 5.48. The Hall–Kier alpha value is -1.83. The number of hydrogen-bond donors (Lipinski definition) is 1. The van der Waals surface area contributed by atoms with Crippen LogP contribution in [0.15, 0.2) is 42.7 Å². The van der Waals surface area contributed by atoms with Crippen molar-refractivity contribution in [1.29, 1.82) is 0 Å². The van der Waals surface area contributed by atoms with Gasteiger partial charge in [-0.2, -0.15) is 0 Å². The molecule has 82 valence electrons. The molecule has 0 saturated carbocycles. The van der Waals surface area contributed by atoms with Crippen molar-refractivity contribution in [2.45, 2.75) is 19.8 Å². The van der Waals surface area contributed by atoms with Gasteiger partial charge in [0.1, 0.15) is 0 Å². The van der Waals surface area contributed by atoms with Gasteiger partial charge in [0.15, 0.2) is 0 Å². The molecule has 2 rings (SSSR count). The number of nitrogen functional groups attached to an aromatic ring is 1. The first-order chi connectivity index (χ1) is 7.68. The number of anilines is 1. The second-order valence-corrected chi connectivity index (χ2v) is 4.25. The zero-order valence-electron chi connectivity index (χ0n) is 9.64. The molecular weight excluding hydrogens is 196 g/mol. The molecular formula is C14H16N2. The van der Waals surface area contributed by atoms with Crippen LogP contribution in [0.2, 0.25) is 0 Å². The minimum atomic E-state index is 0.498. The Balaban J connectivity index is 2.55. The third-order valence-corrected chi connectivity index (χ3v) is 2.65. The normalized spacial score (nSPS) is 10.7. The number of hydrogen-bond acceptors (Lipinski definition) is 2. The Kier molecular flexibility index (Phi) is 2.91. The molecule has 0 radical (unpaired) electrons. The van der Waals surface area contributed by atoms with Crippen molar-refractivity contribution in [3.05, 3.63) is 48.3 Å². The Bertz CT molecular complexity index is 490. The number of benzene rings is 1. The molecule has 0 atom stereocenters. The molecule has 0 aliphatic heterocycles. The fourth-order valence-electron chi connectivity index (χ4n) is 1.87. The van der Waals surface area contributed by atoms with Crippen molar-refractivity contribution < 1.29 is 0 Å². The molecule has 2 heteroatoms. The van der Waals surface area contributed by atoms with E-state index in [0.29, 0.717) is 11.6 Å². The second kappa shape index (κ2) is 4.35. The molecule has 1 aromatic heterocycles. The predicted molar refractivity (Wildman–Crippen MR) is 68.2 cm³/mol. The van der Waals surface area contributed by atoms with E-state index in [4.69, 9.17) is 5.73 Å². The maximum Gasteiger partial charge on any atom is 0.0506 e. The van der Waals surface area contributed by atoms with E-state index in [1.807, 2.05) is 18.3 Å². The summed E-state index contributed by atoms with van der Waals surface area (Å²) in [5.41, 5.74) is 10.1. The van der Waals surface area contributed by atoms with Crippen LogP contribution in [0.4, 0.5) is 5.69 Å². The van der Waals surface area contributed by atoms with Gasteiger partial charge in [-0.1, -0.05) is 38.1 Å². The molecule has 16 heavy (non-hydrogen) atoms. The quantitative estimate of drug-likeness (QED) is 0.828. The lowest BCUT2D eigenvalue weighted by molar-refractivity contribution is 0.869. The van der Waals surface area contributed by atoms with E-state index in [0.717, 1.165) is 5.56 Å². The van der Waals surface area contributed by atoms with Gasteiger partial charge in [0.2, 0.25) is 0 Å². The average Bonchev–Trinajstić information content (AvgIpc) is 2.29. The van der Waals surface area contributed by atoms with E-state index in [1.54, 1.807) is 6.20 Å². The average molecular weight is 212 g/mol. The summed E-state index contributed by atoms with van der Waals surface area (Å²) < 4.78 is 0. The third kappa shape index (κ3) is 2.06. The van der Waals surface area contributed by atoms with E-state index >= 15 is 0 Å². The second-order valence-electron chi connectivity index (χ2n) is 4.25. The molecule has 1 heterocycles. The zero-order chi connectivity index (χ0) is 11.5. The molecule has 0 fully saturated rings. The topological polar surface area (TPSA) is 38.9 Å². The van der Waals surface area contributed by atoms with Crippen molar-refractivity contribution in [2.75, 3.05) is 5.73 Å². The summed E-state index contributed by atoms with van der Waals surface area (Å²) in [6, 6.07) is 10.4. The Morgan fingerprint density at radius 3 is 2.56 bits per heavy atom. The lowest BCUT2D eigenvalue weighted by Crippen LogP contribution is -1.93. The van der Waals surface area contributed by atoms with Crippen LogP contribution in [0.25, 0.3) is 11.1 Å². The van der Waals surface area contributed by atoms with Crippen LogP contribution in [-0.2, 0) is 0 Å². The third-order valence-electron chi connectivity index (χ3n) is 2.65. The molecule has 2 nitrogen and oxygen atoms in total. The van der Waals surface area contributed by atoms with E-state index in [1.165, 1.54) is 11.1 Å². The summed E-state index contributed by atoms with van der Waals surface area (Å²) in [4.78, 5) is 4.14. The highest BCUT2D eigenvalue weighted by Crippen LogP contribution is 2.29. The number of rotatable bonds is 2. The van der Waals surface area contributed by atoms with Crippen LogP contribution in [0.5, 0.6) is 0 Å². The summed E-state index contributed by atoms with van der Waals surface area (Å²) in [5, 5.41) is 0. The highest BCUT2D eigenvalue weighted by atomic mass is 14.7. The summed E-state index contributed by atoms with van der Waals surface area (Å²) in [5.74, 6) is 0.498. The minimum Gasteiger partial charge on any atom is -0.397 e. The van der Waals surface area contributed by atoms with Gasteiger partial charge in [-0.3, -0.25) is 4.98 Å². The molecule has 0 aliphatic rings. The molecule has 1 aromatic carbocycles. The summed E-state index contributed by atoms with van der Waals surface area (Å²) in [7, 11) is 0. The van der Waals surface area contributed by atoms with Crippen molar-refractivity contribution in [3.63, 3.8) is 0 Å². The molecule has 0 spiro atoms. The molecule has 0 unspecified atom stereocenters. The van der Waals surface area contributed by atoms with E-state index in [2.05, 4.69) is 37.0 Å². The largest absolute Gasteiger partial charge is 0.397 e. The van der Waals surface area contributed by atoms with Crippen molar-refractivity contribution in [2.24, 2.45) is 0 Å². The molecule has 0 bridgehead atoms. The van der Waals surface area contributed by atoms with Gasteiger partial charge in [0, 0.05) is 18.0 Å². The Morgan fingerprint density at radius 1 is 1.12 bits per heavy atom. The smallest absolute Gasteiger partial charge is 0.0506 e. The maximum atomic E-state index is 5.76. The monoisotopic (exact) mass is 212 g/mol. The van der Waals surface area contributed by atoms with Gasteiger partial charge >= 0.3 is 0 Å². The maximum absolute atomic E-state index is 5.76. The van der Waals surface area contributed by atoms with Gasteiger partial charge in [0.25, 0.3) is 0 Å². The first kappa shape index (κ1) is 10.7. The van der Waals surface area contributed by atoms with Gasteiger partial charge in [-0.05, 0) is 23.1 Å². The summed E-state index contributed by atoms with van der Waals surface area (Å²) in [6.07, 6.45) is 3.53. The number of nitrogens with two attached hydrogens (primary N) is 1. The van der Waals surface area contributed by atoms with Crippen LogP contribution in [0.3, 0.4) is 0 Å². The van der Waals surface area contributed by atoms with E-state index in [9.17, 15) is 0 Å². The van der Waals surface area contributed by atoms with Crippen molar-refractivity contribution in [1.82, 2.24) is 4.98 Å². The van der Waals surface area contributed by atoms with Gasteiger partial charge < -0.3 is 5.73 Å². The van der Waals surface area contributed by atoms with Crippen LogP contribution < -0.4 is 5.73 Å². The lowest BCUT2D eigenvalue weighted by atomic mass is 9.93. The van der Waals surface area contributed by atoms with E-state index < -0.39 is 0 Å². The zero-order valence-corrected chi connectivity index (χ0v) is 9.64. The lowest BCUT2D eigenvalue weighted by Gasteiger charge is -2.12. The van der Waals surface area contributed by atoms with Crippen LogP contribution in [0.1, 0.15) is 25.3 Å².